The van der Waals surface area contributed by atoms with Gasteiger partial charge >= 0.3 is 5.97 Å². The maximum absolute atomic E-state index is 11.5. The Bertz CT molecular complexity index is 2440. The number of ether oxygens (including phenoxy) is 10. The summed E-state index contributed by atoms with van der Waals surface area (Å²) in [5, 5.41) is 33.4. The van der Waals surface area contributed by atoms with Gasteiger partial charge in [-0.2, -0.15) is 15.8 Å². The molecule has 1 atom stereocenters. The normalized spacial score (nSPS) is 17.1. The van der Waals surface area contributed by atoms with E-state index < -0.39 is 11.6 Å². The van der Waals surface area contributed by atoms with Crippen molar-refractivity contribution < 1.29 is 52.2 Å². The Hall–Kier alpha value is -6.78. The molecule has 2 heterocycles. The highest BCUT2D eigenvalue weighted by atomic mass is 16.5. The summed E-state index contributed by atoms with van der Waals surface area (Å²) in [5.41, 5.74) is 4.56. The Balaban J connectivity index is 1.51. The average molecular weight is 991 g/mol. The van der Waals surface area contributed by atoms with Crippen molar-refractivity contribution in [2.45, 2.75) is 53.1 Å². The van der Waals surface area contributed by atoms with Gasteiger partial charge in [-0.3, -0.25) is 4.79 Å². The molecule has 1 unspecified atom stereocenters. The van der Waals surface area contributed by atoms with E-state index in [1.165, 1.54) is 6.92 Å². The van der Waals surface area contributed by atoms with E-state index >= 15 is 0 Å². The number of nitriles is 3. The number of rotatable bonds is 18. The third kappa shape index (κ3) is 17.2. The number of anilines is 3. The molecule has 1 N–H and O–H groups in total. The number of hydrogen-bond donors (Lipinski definition) is 1. The van der Waals surface area contributed by atoms with Crippen LogP contribution in [0, 0.1) is 47.8 Å². The van der Waals surface area contributed by atoms with Crippen LogP contribution in [0.4, 0.5) is 17.1 Å². The van der Waals surface area contributed by atoms with Gasteiger partial charge in [-0.05, 0) is 93.6 Å². The SMILES string of the molecule is CCOCCOCCN1CCOCCOCCNc2ccc(C)cc2OCCN(c2ccc(C=CC3=C(C#N)C(=C(C#N)C#N)OC3(C)CCCOC(C)=O)cc2OCCOC)CCOc2cc(C)ccc21. The second kappa shape index (κ2) is 30.2. The summed E-state index contributed by atoms with van der Waals surface area (Å²) < 4.78 is 60.0. The van der Waals surface area contributed by atoms with Crippen LogP contribution in [0.1, 0.15) is 50.3 Å². The molecule has 0 radical (unpaired) electrons. The molecule has 0 aromatic heterocycles. The number of benzene rings is 3. The van der Waals surface area contributed by atoms with Crippen LogP contribution in [0.2, 0.25) is 0 Å². The molecule has 0 amide bonds. The van der Waals surface area contributed by atoms with Gasteiger partial charge in [0.15, 0.2) is 11.3 Å². The van der Waals surface area contributed by atoms with E-state index in [-0.39, 0.29) is 30.1 Å². The van der Waals surface area contributed by atoms with Crippen LogP contribution in [0.5, 0.6) is 17.2 Å². The van der Waals surface area contributed by atoms with Crippen LogP contribution in [0.15, 0.2) is 83.2 Å². The number of nitrogens with one attached hydrogen (secondary N) is 1. The zero-order valence-electron chi connectivity index (χ0n) is 42.7. The molecule has 3 aromatic rings. The summed E-state index contributed by atoms with van der Waals surface area (Å²) in [4.78, 5) is 15.9. The predicted octanol–water partition coefficient (Wildman–Crippen LogP) is 7.88. The topological polar surface area (TPSA) is 199 Å². The quantitative estimate of drug-likeness (QED) is 0.0733. The lowest BCUT2D eigenvalue weighted by molar-refractivity contribution is -0.141. The molecule has 0 spiro atoms. The van der Waals surface area contributed by atoms with E-state index in [0.717, 1.165) is 45.3 Å². The Kier molecular flexibility index (Phi) is 23.5. The van der Waals surface area contributed by atoms with Gasteiger partial charge in [-0.25, -0.2) is 0 Å². The smallest absolute Gasteiger partial charge is 0.302 e. The van der Waals surface area contributed by atoms with E-state index in [1.807, 2.05) is 75.4 Å². The fourth-order valence-electron chi connectivity index (χ4n) is 8.05. The lowest BCUT2D eigenvalue weighted by atomic mass is 9.88. The van der Waals surface area contributed by atoms with E-state index in [0.29, 0.717) is 130 Å². The highest BCUT2D eigenvalue weighted by Gasteiger charge is 2.42. The van der Waals surface area contributed by atoms with E-state index in [1.54, 1.807) is 20.1 Å². The second-order valence-electron chi connectivity index (χ2n) is 17.1. The number of esters is 1. The summed E-state index contributed by atoms with van der Waals surface area (Å²) in [6, 6.07) is 24.0. The monoisotopic (exact) mass is 991 g/mol. The summed E-state index contributed by atoms with van der Waals surface area (Å²) >= 11 is 0. The third-order valence-electron chi connectivity index (χ3n) is 11.7. The minimum absolute atomic E-state index is 0.0785. The third-order valence-corrected chi connectivity index (χ3v) is 11.7. The predicted molar refractivity (Wildman–Crippen MR) is 274 cm³/mol. The fourth-order valence-corrected chi connectivity index (χ4v) is 8.05. The molecule has 0 saturated heterocycles. The van der Waals surface area contributed by atoms with Gasteiger partial charge in [0.2, 0.25) is 0 Å². The van der Waals surface area contributed by atoms with Crippen molar-refractivity contribution in [3.63, 3.8) is 0 Å². The molecule has 0 fully saturated rings. The van der Waals surface area contributed by atoms with Crippen LogP contribution in [-0.2, 0) is 38.0 Å². The summed E-state index contributed by atoms with van der Waals surface area (Å²) in [6.07, 6.45) is 4.34. The van der Waals surface area contributed by atoms with Gasteiger partial charge in [0.1, 0.15) is 66.5 Å². The summed E-state index contributed by atoms with van der Waals surface area (Å²) in [7, 11) is 1.61. The number of fused-ring (bicyclic) bond motifs is 2. The summed E-state index contributed by atoms with van der Waals surface area (Å²) in [5.74, 6) is 1.53. The zero-order chi connectivity index (χ0) is 51.6. The maximum Gasteiger partial charge on any atom is 0.302 e. The van der Waals surface area contributed by atoms with Gasteiger partial charge in [0, 0.05) is 45.8 Å². The molecule has 2 aliphatic rings. The highest BCUT2D eigenvalue weighted by molar-refractivity contribution is 5.69. The van der Waals surface area contributed by atoms with Gasteiger partial charge < -0.3 is 62.5 Å². The van der Waals surface area contributed by atoms with Crippen molar-refractivity contribution in [2.24, 2.45) is 0 Å². The number of carbonyl (C=O) groups excluding carboxylic acids is 1. The molecule has 72 heavy (non-hydrogen) atoms. The maximum atomic E-state index is 11.5. The van der Waals surface area contributed by atoms with Crippen molar-refractivity contribution >= 4 is 29.1 Å². The van der Waals surface area contributed by atoms with Crippen molar-refractivity contribution in [1.29, 1.82) is 15.8 Å². The minimum Gasteiger partial charge on any atom is -0.490 e. The van der Waals surface area contributed by atoms with E-state index in [4.69, 9.17) is 47.4 Å². The highest BCUT2D eigenvalue weighted by Crippen LogP contribution is 2.44. The molecule has 3 aromatic carbocycles. The number of carbonyl (C=O) groups is 1. The Morgan fingerprint density at radius 1 is 0.792 bits per heavy atom. The largest absolute Gasteiger partial charge is 0.490 e. The number of hydrogen-bond acceptors (Lipinski definition) is 17. The first-order chi connectivity index (χ1) is 35.0. The first-order valence-electron chi connectivity index (χ1n) is 24.5. The molecule has 17 heteroatoms. The van der Waals surface area contributed by atoms with Crippen molar-refractivity contribution in [3.05, 3.63) is 99.8 Å². The molecular formula is C55H70N6O11. The van der Waals surface area contributed by atoms with Crippen LogP contribution in [0.3, 0.4) is 0 Å². The van der Waals surface area contributed by atoms with Crippen LogP contribution < -0.4 is 29.3 Å². The number of methoxy groups -OCH3 is 1. The van der Waals surface area contributed by atoms with Crippen LogP contribution >= 0.6 is 0 Å². The molecule has 17 nitrogen and oxygen atoms in total. The number of allylic oxidation sites excluding steroid dienone is 2. The molecule has 0 aliphatic carbocycles. The molecule has 2 aliphatic heterocycles. The Morgan fingerprint density at radius 2 is 1.50 bits per heavy atom. The van der Waals surface area contributed by atoms with Crippen LogP contribution in [0.25, 0.3) is 6.08 Å². The van der Waals surface area contributed by atoms with Crippen LogP contribution in [-0.4, -0.2) is 137 Å². The van der Waals surface area contributed by atoms with Gasteiger partial charge in [0.05, 0.1) is 89.6 Å². The van der Waals surface area contributed by atoms with Gasteiger partial charge in [0.25, 0.3) is 0 Å². The zero-order valence-corrected chi connectivity index (χ0v) is 42.7. The van der Waals surface area contributed by atoms with E-state index in [2.05, 4.69) is 39.4 Å². The fraction of sp³-hybridized carbons (Fsp3) is 0.491. The molecule has 0 bridgehead atoms. The lowest BCUT2D eigenvalue weighted by Crippen LogP contribution is -2.34. The van der Waals surface area contributed by atoms with Gasteiger partial charge in [-0.15, -0.1) is 0 Å². The van der Waals surface area contributed by atoms with Gasteiger partial charge in [-0.1, -0.05) is 30.4 Å². The molecular weight excluding hydrogens is 921 g/mol. The van der Waals surface area contributed by atoms with Crippen molar-refractivity contribution in [3.8, 4) is 35.5 Å². The van der Waals surface area contributed by atoms with Crippen molar-refractivity contribution in [1.82, 2.24) is 0 Å². The first-order valence-corrected chi connectivity index (χ1v) is 24.5. The molecule has 5 rings (SSSR count). The Morgan fingerprint density at radius 3 is 2.22 bits per heavy atom. The number of nitrogens with zero attached hydrogens (tertiary/aromatic N) is 5. The molecule has 386 valence electrons. The summed E-state index contributed by atoms with van der Waals surface area (Å²) in [6.45, 7) is 17.3. The molecule has 0 saturated carbocycles. The first kappa shape index (κ1) is 56.1. The van der Waals surface area contributed by atoms with Crippen molar-refractivity contribution in [2.75, 3.05) is 141 Å². The minimum atomic E-state index is -1.11. The standard InChI is InChI=1S/C55H70N6O11/c1-7-64-30-31-66-25-19-60-20-26-67-33-32-65-24-18-59-48-14-9-41(2)35-51(48)69-27-21-61(22-28-70-52-36-42(3)10-15-49(52)60)50-16-12-44(37-53(50)71-34-29-63-6)11-13-47-46(40-58)54(45(38-56)39-57)72-55(47,5)17-8-23-68-43(4)62/h9-16,35-37,59H,7-8,17-34H2,1-6H3. The number of aryl methyl sites for hydroxylation is 2. The average Bonchev–Trinajstić information content (AvgIpc) is 3.65. The lowest BCUT2D eigenvalue weighted by Gasteiger charge is -2.29. The second-order valence-corrected chi connectivity index (χ2v) is 17.1. The Labute approximate surface area is 425 Å². The van der Waals surface area contributed by atoms with E-state index in [9.17, 15) is 20.6 Å².